The number of carbonyl (C=O) groups is 1. The number of allylic oxidation sites excluding steroid dienone is 2. The van der Waals surface area contributed by atoms with E-state index in [-0.39, 0.29) is 17.0 Å². The minimum Gasteiger partial charge on any atom is -0.458 e. The Balaban J connectivity index is 1.57. The van der Waals surface area contributed by atoms with Crippen LogP contribution in [0, 0.1) is 35.0 Å². The minimum absolute atomic E-state index is 0.0275. The molecule has 0 aromatic rings. The van der Waals surface area contributed by atoms with Gasteiger partial charge in [-0.2, -0.15) is 0 Å². The van der Waals surface area contributed by atoms with Crippen molar-refractivity contribution in [3.63, 3.8) is 0 Å². The molecule has 6 atom stereocenters. The predicted molar refractivity (Wildman–Crippen MR) is 115 cm³/mol. The number of esters is 1. The molecule has 1 aliphatic heterocycles. The fourth-order valence-corrected chi connectivity index (χ4v) is 7.59. The molecule has 3 fully saturated rings. The molecule has 4 heteroatoms. The average Bonchev–Trinajstić information content (AvgIpc) is 3.27. The molecule has 0 aromatic heterocycles. The van der Waals surface area contributed by atoms with E-state index in [1.807, 2.05) is 0 Å². The van der Waals surface area contributed by atoms with Gasteiger partial charge in [-0.3, -0.25) is 4.79 Å². The molecule has 0 aromatic carbocycles. The molecule has 6 unspecified atom stereocenters. The third-order valence-corrected chi connectivity index (χ3v) is 9.50. The van der Waals surface area contributed by atoms with Gasteiger partial charge < -0.3 is 9.94 Å². The topological polar surface area (TPSA) is 58.9 Å². The summed E-state index contributed by atoms with van der Waals surface area (Å²) in [5.41, 5.74) is 2.39. The molecule has 0 radical (unpaired) electrons. The van der Waals surface area contributed by atoms with Gasteiger partial charge in [0, 0.05) is 11.8 Å². The normalized spacial score (nSPS) is 42.2. The van der Waals surface area contributed by atoms with E-state index in [9.17, 15) is 10.0 Å². The predicted octanol–water partition coefficient (Wildman–Crippen LogP) is 6.13. The van der Waals surface area contributed by atoms with Gasteiger partial charge in [0.05, 0.1) is 5.71 Å². The first-order chi connectivity index (χ1) is 13.9. The van der Waals surface area contributed by atoms with Gasteiger partial charge in [-0.05, 0) is 93.5 Å². The Labute approximate surface area is 176 Å². The third kappa shape index (κ3) is 3.25. The summed E-state index contributed by atoms with van der Waals surface area (Å²) in [5, 5.41) is 12.9. The first kappa shape index (κ1) is 20.9. The van der Waals surface area contributed by atoms with Crippen LogP contribution in [-0.4, -0.2) is 22.5 Å². The minimum atomic E-state index is -0.165. The monoisotopic (exact) mass is 401 g/mol. The number of hydrogen-bond donors (Lipinski definition) is 1. The number of nitrogens with zero attached hydrogens (tertiary/aromatic N) is 1. The SMILES string of the molecule is CCC12CCC(C3CC/C(=N\O)C=C3C(C)C(C)C)CC1CCC21CCC(=O)O1. The van der Waals surface area contributed by atoms with E-state index in [4.69, 9.17) is 4.74 Å². The molecule has 4 rings (SSSR count). The molecule has 2 saturated carbocycles. The lowest BCUT2D eigenvalue weighted by Gasteiger charge is -2.51. The van der Waals surface area contributed by atoms with Crippen molar-refractivity contribution in [2.45, 2.75) is 97.5 Å². The maximum atomic E-state index is 12.0. The van der Waals surface area contributed by atoms with E-state index >= 15 is 0 Å². The lowest BCUT2D eigenvalue weighted by Crippen LogP contribution is -2.50. The number of oxime groups is 1. The van der Waals surface area contributed by atoms with Crippen molar-refractivity contribution in [3.05, 3.63) is 11.6 Å². The van der Waals surface area contributed by atoms with E-state index in [0.29, 0.717) is 36.0 Å². The van der Waals surface area contributed by atoms with Crippen LogP contribution in [0.3, 0.4) is 0 Å². The molecule has 1 spiro atoms. The Kier molecular flexibility index (Phi) is 5.59. The number of fused-ring (bicyclic) bond motifs is 2. The van der Waals surface area contributed by atoms with Crippen LogP contribution in [0.15, 0.2) is 16.8 Å². The molecule has 1 N–H and O–H groups in total. The quantitative estimate of drug-likeness (QED) is 0.350. The lowest BCUT2D eigenvalue weighted by atomic mass is 9.55. The summed E-state index contributed by atoms with van der Waals surface area (Å²) in [5.74, 6) is 3.13. The van der Waals surface area contributed by atoms with Crippen LogP contribution in [0.1, 0.15) is 91.9 Å². The molecule has 0 amide bonds. The maximum Gasteiger partial charge on any atom is 0.306 e. The van der Waals surface area contributed by atoms with Crippen molar-refractivity contribution >= 4 is 11.7 Å². The molecule has 162 valence electrons. The summed E-state index contributed by atoms with van der Waals surface area (Å²) in [6.07, 6.45) is 12.9. The van der Waals surface area contributed by atoms with E-state index in [0.717, 1.165) is 37.8 Å². The molecular formula is C25H39NO3. The van der Waals surface area contributed by atoms with Crippen LogP contribution in [0.5, 0.6) is 0 Å². The first-order valence-electron chi connectivity index (χ1n) is 12.0. The van der Waals surface area contributed by atoms with E-state index in [1.54, 1.807) is 0 Å². The number of hydrogen-bond acceptors (Lipinski definition) is 4. The highest BCUT2D eigenvalue weighted by atomic mass is 16.6. The van der Waals surface area contributed by atoms with Gasteiger partial charge in [-0.1, -0.05) is 38.4 Å². The number of carbonyl (C=O) groups excluding carboxylic acids is 1. The smallest absolute Gasteiger partial charge is 0.306 e. The molecule has 1 heterocycles. The highest BCUT2D eigenvalue weighted by molar-refractivity contribution is 5.96. The summed E-state index contributed by atoms with van der Waals surface area (Å²) in [6, 6.07) is 0. The lowest BCUT2D eigenvalue weighted by molar-refractivity contribution is -0.165. The fraction of sp³-hybridized carbons (Fsp3) is 0.840. The standard InChI is InChI=1S/C25H39NO3/c1-5-24-11-8-18(14-19(24)9-12-25(24)13-10-23(27)29-25)21-7-6-20(26-28)15-22(21)17(4)16(2)3/h15-19,21,28H,5-14H2,1-4H3/b26-20+. The van der Waals surface area contributed by atoms with Crippen LogP contribution in [0.25, 0.3) is 0 Å². The Morgan fingerprint density at radius 1 is 1.17 bits per heavy atom. The van der Waals surface area contributed by atoms with Crippen LogP contribution >= 0.6 is 0 Å². The molecule has 4 nitrogen and oxygen atoms in total. The average molecular weight is 402 g/mol. The van der Waals surface area contributed by atoms with Crippen molar-refractivity contribution in [2.75, 3.05) is 0 Å². The maximum absolute atomic E-state index is 12.0. The highest BCUT2D eigenvalue weighted by Gasteiger charge is 2.64. The molecule has 3 aliphatic carbocycles. The van der Waals surface area contributed by atoms with Crippen LogP contribution in [-0.2, 0) is 9.53 Å². The molecule has 29 heavy (non-hydrogen) atoms. The van der Waals surface area contributed by atoms with Gasteiger partial charge in [0.2, 0.25) is 0 Å². The second-order valence-electron chi connectivity index (χ2n) is 10.7. The summed E-state index contributed by atoms with van der Waals surface area (Å²) in [6.45, 7) is 9.25. The highest BCUT2D eigenvalue weighted by Crippen LogP contribution is 2.66. The zero-order valence-corrected chi connectivity index (χ0v) is 18.7. The van der Waals surface area contributed by atoms with Gasteiger partial charge in [-0.25, -0.2) is 0 Å². The van der Waals surface area contributed by atoms with Gasteiger partial charge >= 0.3 is 5.97 Å². The van der Waals surface area contributed by atoms with Gasteiger partial charge in [-0.15, -0.1) is 0 Å². The Morgan fingerprint density at radius 2 is 1.97 bits per heavy atom. The molecule has 0 bridgehead atoms. The second-order valence-corrected chi connectivity index (χ2v) is 10.7. The summed E-state index contributed by atoms with van der Waals surface area (Å²) >= 11 is 0. The summed E-state index contributed by atoms with van der Waals surface area (Å²) in [4.78, 5) is 12.0. The second kappa shape index (κ2) is 7.74. The van der Waals surface area contributed by atoms with E-state index < -0.39 is 0 Å². The summed E-state index contributed by atoms with van der Waals surface area (Å²) in [7, 11) is 0. The third-order valence-electron chi connectivity index (χ3n) is 9.50. The van der Waals surface area contributed by atoms with E-state index in [2.05, 4.69) is 38.9 Å². The Morgan fingerprint density at radius 3 is 2.59 bits per heavy atom. The van der Waals surface area contributed by atoms with Gasteiger partial charge in [0.15, 0.2) is 0 Å². The Hall–Kier alpha value is -1.32. The van der Waals surface area contributed by atoms with Crippen LogP contribution in [0.4, 0.5) is 0 Å². The zero-order chi connectivity index (χ0) is 20.8. The zero-order valence-electron chi connectivity index (χ0n) is 18.7. The summed E-state index contributed by atoms with van der Waals surface area (Å²) < 4.78 is 6.08. The van der Waals surface area contributed by atoms with Crippen molar-refractivity contribution in [1.29, 1.82) is 0 Å². The molecular weight excluding hydrogens is 362 g/mol. The number of rotatable bonds is 4. The molecule has 4 aliphatic rings. The van der Waals surface area contributed by atoms with Gasteiger partial charge in [0.25, 0.3) is 0 Å². The van der Waals surface area contributed by atoms with E-state index in [1.165, 1.54) is 31.3 Å². The van der Waals surface area contributed by atoms with Crippen molar-refractivity contribution < 1.29 is 14.7 Å². The van der Waals surface area contributed by atoms with Gasteiger partial charge in [0.1, 0.15) is 5.60 Å². The first-order valence-corrected chi connectivity index (χ1v) is 12.0. The largest absolute Gasteiger partial charge is 0.458 e. The van der Waals surface area contributed by atoms with Crippen LogP contribution in [0.2, 0.25) is 0 Å². The Bertz CT molecular complexity index is 711. The fourth-order valence-electron chi connectivity index (χ4n) is 7.59. The van der Waals surface area contributed by atoms with Crippen molar-refractivity contribution in [2.24, 2.45) is 40.2 Å². The van der Waals surface area contributed by atoms with Crippen LogP contribution < -0.4 is 0 Å². The van der Waals surface area contributed by atoms with Crippen molar-refractivity contribution in [1.82, 2.24) is 0 Å². The molecule has 1 saturated heterocycles. The van der Waals surface area contributed by atoms with Crippen molar-refractivity contribution in [3.8, 4) is 0 Å². The number of ether oxygens (including phenoxy) is 1.